The monoisotopic (exact) mass is 366 g/mol. The van der Waals surface area contributed by atoms with Crippen LogP contribution in [0.4, 0.5) is 0 Å². The Hall–Kier alpha value is -2.14. The highest BCUT2D eigenvalue weighted by atomic mass is 16.5. The number of nitrogens with one attached hydrogen (secondary N) is 1. The summed E-state index contributed by atoms with van der Waals surface area (Å²) >= 11 is 0. The maximum atomic E-state index is 6.33. The molecule has 2 aromatic carbocycles. The quantitative estimate of drug-likeness (QED) is 0.626. The SMILES string of the molecule is C=CCOC1CC(NCC[C@@H](N)Cc2ccccc2)c2cc(OC)ccc21. The number of fused-ring (bicyclic) bond motifs is 1. The van der Waals surface area contributed by atoms with E-state index in [2.05, 4.69) is 48.3 Å². The van der Waals surface area contributed by atoms with Crippen molar-refractivity contribution in [2.45, 2.75) is 37.5 Å². The van der Waals surface area contributed by atoms with E-state index in [1.807, 2.05) is 12.1 Å². The van der Waals surface area contributed by atoms with Gasteiger partial charge in [-0.1, -0.05) is 42.5 Å². The third-order valence-corrected chi connectivity index (χ3v) is 5.13. The van der Waals surface area contributed by atoms with E-state index in [-0.39, 0.29) is 18.2 Å². The first kappa shape index (κ1) is 19.6. The van der Waals surface area contributed by atoms with Crippen molar-refractivity contribution in [2.75, 3.05) is 20.3 Å². The zero-order valence-electron chi connectivity index (χ0n) is 16.1. The number of hydrogen-bond acceptors (Lipinski definition) is 4. The molecule has 1 aliphatic rings. The van der Waals surface area contributed by atoms with Crippen LogP contribution in [0.15, 0.2) is 61.2 Å². The number of hydrogen-bond donors (Lipinski definition) is 2. The fraction of sp³-hybridized carbons (Fsp3) is 0.391. The Balaban J connectivity index is 1.57. The Morgan fingerprint density at radius 3 is 2.78 bits per heavy atom. The minimum Gasteiger partial charge on any atom is -0.497 e. The molecule has 0 aliphatic heterocycles. The van der Waals surface area contributed by atoms with Crippen molar-refractivity contribution >= 4 is 0 Å². The van der Waals surface area contributed by atoms with E-state index >= 15 is 0 Å². The molecule has 3 N–H and O–H groups in total. The number of benzene rings is 2. The first-order valence-corrected chi connectivity index (χ1v) is 9.64. The van der Waals surface area contributed by atoms with Gasteiger partial charge in [0.1, 0.15) is 5.75 Å². The second kappa shape index (κ2) is 9.70. The fourth-order valence-corrected chi connectivity index (χ4v) is 3.74. The summed E-state index contributed by atoms with van der Waals surface area (Å²) in [5.41, 5.74) is 10.1. The van der Waals surface area contributed by atoms with Gasteiger partial charge < -0.3 is 20.5 Å². The molecule has 0 spiro atoms. The van der Waals surface area contributed by atoms with Crippen molar-refractivity contribution in [1.29, 1.82) is 0 Å². The van der Waals surface area contributed by atoms with Gasteiger partial charge in [0.2, 0.25) is 0 Å². The molecule has 3 rings (SSSR count). The Bertz CT molecular complexity index is 732. The first-order chi connectivity index (χ1) is 13.2. The minimum absolute atomic E-state index is 0.0967. The van der Waals surface area contributed by atoms with E-state index in [9.17, 15) is 0 Å². The van der Waals surface area contributed by atoms with Gasteiger partial charge in [-0.25, -0.2) is 0 Å². The number of methoxy groups -OCH3 is 1. The van der Waals surface area contributed by atoms with E-state index < -0.39 is 0 Å². The molecule has 4 heteroatoms. The molecule has 2 aromatic rings. The van der Waals surface area contributed by atoms with Crippen LogP contribution in [0.3, 0.4) is 0 Å². The van der Waals surface area contributed by atoms with E-state index in [0.29, 0.717) is 6.61 Å². The lowest BCUT2D eigenvalue weighted by atomic mass is 10.0. The molecule has 0 radical (unpaired) electrons. The Kier molecular flexibility index (Phi) is 7.04. The molecule has 0 fully saturated rings. The molecular formula is C23H30N2O2. The van der Waals surface area contributed by atoms with Gasteiger partial charge >= 0.3 is 0 Å². The summed E-state index contributed by atoms with van der Waals surface area (Å²) in [5.74, 6) is 0.880. The highest BCUT2D eigenvalue weighted by Gasteiger charge is 2.31. The van der Waals surface area contributed by atoms with Gasteiger partial charge in [-0.15, -0.1) is 6.58 Å². The first-order valence-electron chi connectivity index (χ1n) is 9.64. The normalized spacial score (nSPS) is 19.5. The zero-order chi connectivity index (χ0) is 19.1. The molecule has 0 aromatic heterocycles. The van der Waals surface area contributed by atoms with Gasteiger partial charge in [0.05, 0.1) is 19.8 Å². The molecular weight excluding hydrogens is 336 g/mol. The van der Waals surface area contributed by atoms with Crippen LogP contribution in [-0.2, 0) is 11.2 Å². The number of ether oxygens (including phenoxy) is 2. The number of nitrogens with two attached hydrogens (primary N) is 1. The van der Waals surface area contributed by atoms with Gasteiger partial charge in [0.25, 0.3) is 0 Å². The third-order valence-electron chi connectivity index (χ3n) is 5.13. The molecule has 2 unspecified atom stereocenters. The van der Waals surface area contributed by atoms with E-state index in [4.69, 9.17) is 15.2 Å². The summed E-state index contributed by atoms with van der Waals surface area (Å²) in [5, 5.41) is 3.67. The van der Waals surface area contributed by atoms with Crippen LogP contribution in [0.1, 0.15) is 41.7 Å². The molecule has 4 nitrogen and oxygen atoms in total. The van der Waals surface area contributed by atoms with Crippen molar-refractivity contribution in [1.82, 2.24) is 5.32 Å². The number of rotatable bonds is 10. The molecule has 0 saturated carbocycles. The van der Waals surface area contributed by atoms with Crippen molar-refractivity contribution in [3.05, 3.63) is 77.9 Å². The molecule has 27 heavy (non-hydrogen) atoms. The van der Waals surface area contributed by atoms with Gasteiger partial charge in [0, 0.05) is 12.1 Å². The molecule has 144 valence electrons. The average Bonchev–Trinajstić information content (AvgIpc) is 3.04. The smallest absolute Gasteiger partial charge is 0.119 e. The van der Waals surface area contributed by atoms with Gasteiger partial charge in [-0.3, -0.25) is 0 Å². The summed E-state index contributed by atoms with van der Waals surface area (Å²) in [4.78, 5) is 0. The van der Waals surface area contributed by atoms with Crippen molar-refractivity contribution in [2.24, 2.45) is 5.73 Å². The summed E-state index contributed by atoms with van der Waals surface area (Å²) < 4.78 is 11.4. The second-order valence-electron chi connectivity index (χ2n) is 7.09. The Labute approximate surface area is 162 Å². The zero-order valence-corrected chi connectivity index (χ0v) is 16.1. The molecule has 1 aliphatic carbocycles. The lowest BCUT2D eigenvalue weighted by molar-refractivity contribution is 0.0699. The molecule has 0 saturated heterocycles. The predicted octanol–water partition coefficient (Wildman–Crippen LogP) is 3.93. The van der Waals surface area contributed by atoms with Crippen LogP contribution in [0, 0.1) is 0 Å². The van der Waals surface area contributed by atoms with E-state index in [0.717, 1.165) is 31.6 Å². The highest BCUT2D eigenvalue weighted by Crippen LogP contribution is 2.42. The highest BCUT2D eigenvalue weighted by molar-refractivity contribution is 5.42. The van der Waals surface area contributed by atoms with Crippen LogP contribution in [0.5, 0.6) is 5.75 Å². The predicted molar refractivity (Wildman–Crippen MR) is 110 cm³/mol. The van der Waals surface area contributed by atoms with Crippen LogP contribution in [0.25, 0.3) is 0 Å². The van der Waals surface area contributed by atoms with Crippen molar-refractivity contribution in [3.8, 4) is 5.75 Å². The second-order valence-corrected chi connectivity index (χ2v) is 7.09. The van der Waals surface area contributed by atoms with E-state index in [1.165, 1.54) is 16.7 Å². The maximum Gasteiger partial charge on any atom is 0.119 e. The van der Waals surface area contributed by atoms with Crippen molar-refractivity contribution in [3.63, 3.8) is 0 Å². The molecule has 0 amide bonds. The largest absolute Gasteiger partial charge is 0.497 e. The van der Waals surface area contributed by atoms with Gasteiger partial charge in [0.15, 0.2) is 0 Å². The minimum atomic E-state index is 0.0967. The topological polar surface area (TPSA) is 56.5 Å². The Morgan fingerprint density at radius 1 is 1.22 bits per heavy atom. The summed E-state index contributed by atoms with van der Waals surface area (Å²) in [6.45, 7) is 5.19. The van der Waals surface area contributed by atoms with Crippen molar-refractivity contribution < 1.29 is 9.47 Å². The Morgan fingerprint density at radius 2 is 2.04 bits per heavy atom. The molecule has 0 bridgehead atoms. The van der Waals surface area contributed by atoms with Gasteiger partial charge in [-0.2, -0.15) is 0 Å². The lowest BCUT2D eigenvalue weighted by Crippen LogP contribution is -2.30. The van der Waals surface area contributed by atoms with Crippen LogP contribution < -0.4 is 15.8 Å². The van der Waals surface area contributed by atoms with Crippen LogP contribution in [0.2, 0.25) is 0 Å². The van der Waals surface area contributed by atoms with Crippen LogP contribution >= 0.6 is 0 Å². The lowest BCUT2D eigenvalue weighted by Gasteiger charge is -2.17. The van der Waals surface area contributed by atoms with Crippen LogP contribution in [-0.4, -0.2) is 26.3 Å². The summed E-state index contributed by atoms with van der Waals surface area (Å²) in [6.07, 6.45) is 4.65. The standard InChI is InChI=1S/C23H30N2O2/c1-3-13-27-23-16-22(21-15-19(26-2)9-10-20(21)23)25-12-11-18(24)14-17-7-5-4-6-8-17/h3-10,15,18,22-23,25H,1,11-14,16,24H2,2H3/t18-,22?,23?/m1/s1. The molecule has 3 atom stereocenters. The summed E-state index contributed by atoms with van der Waals surface area (Å²) in [6, 6.07) is 17.1. The maximum absolute atomic E-state index is 6.33. The summed E-state index contributed by atoms with van der Waals surface area (Å²) in [7, 11) is 1.70. The molecule has 0 heterocycles. The average molecular weight is 367 g/mol. The van der Waals surface area contributed by atoms with Gasteiger partial charge in [-0.05, 0) is 54.6 Å². The third kappa shape index (κ3) is 5.19. The fourth-order valence-electron chi connectivity index (χ4n) is 3.74. The van der Waals surface area contributed by atoms with E-state index in [1.54, 1.807) is 13.2 Å².